The highest BCUT2D eigenvalue weighted by Gasteiger charge is 2.30. The van der Waals surface area contributed by atoms with Gasteiger partial charge in [0.2, 0.25) is 0 Å². The SMILES string of the molecule is CCc1ccc(-c2nc(C)c(C(=O)N(CC(=O)O)C3CCOCC3)s2)cc1. The fourth-order valence-electron chi connectivity index (χ4n) is 3.24. The second-order valence-electron chi connectivity index (χ2n) is 6.65. The Morgan fingerprint density at radius 3 is 2.52 bits per heavy atom. The summed E-state index contributed by atoms with van der Waals surface area (Å²) >= 11 is 1.33. The lowest BCUT2D eigenvalue weighted by atomic mass is 10.1. The number of aromatic nitrogens is 1. The Bertz CT molecular complexity index is 810. The molecule has 0 saturated carbocycles. The molecule has 1 N–H and O–H groups in total. The zero-order valence-corrected chi connectivity index (χ0v) is 16.4. The molecule has 1 amide bonds. The van der Waals surface area contributed by atoms with Crippen molar-refractivity contribution in [2.45, 2.75) is 39.2 Å². The number of carbonyl (C=O) groups is 2. The van der Waals surface area contributed by atoms with Gasteiger partial charge in [-0.1, -0.05) is 31.2 Å². The number of hydrogen-bond donors (Lipinski definition) is 1. The van der Waals surface area contributed by atoms with Crippen LogP contribution in [0.4, 0.5) is 0 Å². The molecule has 3 rings (SSSR count). The number of hydrogen-bond acceptors (Lipinski definition) is 5. The van der Waals surface area contributed by atoms with Gasteiger partial charge in [-0.3, -0.25) is 9.59 Å². The van der Waals surface area contributed by atoms with Crippen LogP contribution in [0.25, 0.3) is 10.6 Å². The lowest BCUT2D eigenvalue weighted by Crippen LogP contribution is -2.46. The smallest absolute Gasteiger partial charge is 0.323 e. The van der Waals surface area contributed by atoms with Gasteiger partial charge in [-0.15, -0.1) is 11.3 Å². The summed E-state index contributed by atoms with van der Waals surface area (Å²) in [6.45, 7) is 4.69. The van der Waals surface area contributed by atoms with Crippen molar-refractivity contribution in [2.24, 2.45) is 0 Å². The summed E-state index contributed by atoms with van der Waals surface area (Å²) < 4.78 is 5.35. The number of amides is 1. The third-order valence-corrected chi connectivity index (χ3v) is 5.99. The maximum Gasteiger partial charge on any atom is 0.323 e. The number of aliphatic carboxylic acids is 1. The zero-order valence-electron chi connectivity index (χ0n) is 15.6. The Morgan fingerprint density at radius 2 is 1.93 bits per heavy atom. The summed E-state index contributed by atoms with van der Waals surface area (Å²) in [5, 5.41) is 10.1. The van der Waals surface area contributed by atoms with Gasteiger partial charge in [-0.2, -0.15) is 0 Å². The maximum absolute atomic E-state index is 13.1. The van der Waals surface area contributed by atoms with E-state index in [0.717, 1.165) is 17.0 Å². The molecule has 27 heavy (non-hydrogen) atoms. The molecule has 2 aromatic rings. The standard InChI is InChI=1S/C20H24N2O4S/c1-3-14-4-6-15(7-5-14)19-21-13(2)18(27-19)20(25)22(12-17(23)24)16-8-10-26-11-9-16/h4-7,16H,3,8-12H2,1-2H3,(H,23,24). The number of aryl methyl sites for hydroxylation is 2. The van der Waals surface area contributed by atoms with Gasteiger partial charge in [-0.05, 0) is 31.7 Å². The number of benzene rings is 1. The molecule has 0 atom stereocenters. The van der Waals surface area contributed by atoms with Crippen LogP contribution in [0.1, 0.15) is 40.7 Å². The molecule has 1 fully saturated rings. The molecule has 0 unspecified atom stereocenters. The number of carboxylic acids is 1. The van der Waals surface area contributed by atoms with E-state index in [1.807, 2.05) is 12.1 Å². The third kappa shape index (κ3) is 4.54. The van der Waals surface area contributed by atoms with Gasteiger partial charge in [0.15, 0.2) is 0 Å². The number of nitrogens with zero attached hydrogens (tertiary/aromatic N) is 2. The van der Waals surface area contributed by atoms with Gasteiger partial charge >= 0.3 is 5.97 Å². The molecular weight excluding hydrogens is 364 g/mol. The van der Waals surface area contributed by atoms with E-state index >= 15 is 0 Å². The number of thiazole rings is 1. The summed E-state index contributed by atoms with van der Waals surface area (Å²) in [4.78, 5) is 31.0. The van der Waals surface area contributed by atoms with Crippen molar-refractivity contribution in [1.82, 2.24) is 9.88 Å². The van der Waals surface area contributed by atoms with Crippen molar-refractivity contribution in [3.63, 3.8) is 0 Å². The normalized spacial score (nSPS) is 14.9. The minimum atomic E-state index is -1.01. The topological polar surface area (TPSA) is 79.7 Å². The summed E-state index contributed by atoms with van der Waals surface area (Å²) in [6, 6.07) is 8.03. The molecule has 0 bridgehead atoms. The molecule has 7 heteroatoms. The van der Waals surface area contributed by atoms with Crippen LogP contribution in [0.3, 0.4) is 0 Å². The monoisotopic (exact) mass is 388 g/mol. The fraction of sp³-hybridized carbons (Fsp3) is 0.450. The largest absolute Gasteiger partial charge is 0.480 e. The van der Waals surface area contributed by atoms with Crippen molar-refractivity contribution in [3.8, 4) is 10.6 Å². The van der Waals surface area contributed by atoms with Gasteiger partial charge in [0.25, 0.3) is 5.91 Å². The van der Waals surface area contributed by atoms with Crippen LogP contribution in [0.5, 0.6) is 0 Å². The number of ether oxygens (including phenoxy) is 1. The summed E-state index contributed by atoms with van der Waals surface area (Å²) in [5.41, 5.74) is 2.85. The molecule has 1 aliphatic heterocycles. The van der Waals surface area contributed by atoms with Crippen molar-refractivity contribution in [1.29, 1.82) is 0 Å². The van der Waals surface area contributed by atoms with Crippen LogP contribution in [0.2, 0.25) is 0 Å². The minimum absolute atomic E-state index is 0.115. The molecule has 1 saturated heterocycles. The molecular formula is C20H24N2O4S. The number of carboxylic acid groups (broad SMARTS) is 1. The highest BCUT2D eigenvalue weighted by molar-refractivity contribution is 7.17. The zero-order chi connectivity index (χ0) is 19.4. The first-order chi connectivity index (χ1) is 13.0. The Kier molecular flexibility index (Phi) is 6.23. The third-order valence-electron chi connectivity index (χ3n) is 4.80. The second-order valence-corrected chi connectivity index (χ2v) is 7.65. The van der Waals surface area contributed by atoms with E-state index in [0.29, 0.717) is 36.6 Å². The predicted octanol–water partition coefficient (Wildman–Crippen LogP) is 3.39. The van der Waals surface area contributed by atoms with Crippen LogP contribution < -0.4 is 0 Å². The Balaban J connectivity index is 1.87. The Morgan fingerprint density at radius 1 is 1.26 bits per heavy atom. The van der Waals surface area contributed by atoms with Crippen LogP contribution in [-0.2, 0) is 16.0 Å². The summed E-state index contributed by atoms with van der Waals surface area (Å²) in [7, 11) is 0. The second kappa shape index (κ2) is 8.63. The maximum atomic E-state index is 13.1. The first-order valence-electron chi connectivity index (χ1n) is 9.16. The van der Waals surface area contributed by atoms with Crippen molar-refractivity contribution in [3.05, 3.63) is 40.4 Å². The molecule has 1 aromatic carbocycles. The van der Waals surface area contributed by atoms with Crippen molar-refractivity contribution < 1.29 is 19.4 Å². The molecule has 6 nitrogen and oxygen atoms in total. The fourth-order valence-corrected chi connectivity index (χ4v) is 4.27. The van der Waals surface area contributed by atoms with Crippen molar-refractivity contribution in [2.75, 3.05) is 19.8 Å². The highest BCUT2D eigenvalue weighted by atomic mass is 32.1. The number of carbonyl (C=O) groups excluding carboxylic acids is 1. The average molecular weight is 388 g/mol. The van der Waals surface area contributed by atoms with Gasteiger partial charge in [0.1, 0.15) is 16.4 Å². The quantitative estimate of drug-likeness (QED) is 0.821. The molecule has 0 spiro atoms. The molecule has 1 aromatic heterocycles. The first-order valence-corrected chi connectivity index (χ1v) is 9.98. The minimum Gasteiger partial charge on any atom is -0.480 e. The molecule has 2 heterocycles. The van der Waals surface area contributed by atoms with E-state index in [4.69, 9.17) is 4.74 Å². The summed E-state index contributed by atoms with van der Waals surface area (Å²) in [6.07, 6.45) is 2.28. The molecule has 0 radical (unpaired) electrons. The van der Waals surface area contributed by atoms with Crippen molar-refractivity contribution >= 4 is 23.2 Å². The lowest BCUT2D eigenvalue weighted by Gasteiger charge is -2.33. The molecule has 144 valence electrons. The predicted molar refractivity (Wildman–Crippen MR) is 104 cm³/mol. The van der Waals surface area contributed by atoms with E-state index in [1.54, 1.807) is 6.92 Å². The van der Waals surface area contributed by atoms with Gasteiger partial charge < -0.3 is 14.7 Å². The Hall–Kier alpha value is -2.25. The first kappa shape index (κ1) is 19.5. The summed E-state index contributed by atoms with van der Waals surface area (Å²) in [5.74, 6) is -1.26. The van der Waals surface area contributed by atoms with Crippen LogP contribution in [-0.4, -0.2) is 52.7 Å². The average Bonchev–Trinajstić information content (AvgIpc) is 3.08. The lowest BCUT2D eigenvalue weighted by molar-refractivity contribution is -0.138. The van der Waals surface area contributed by atoms with E-state index in [1.165, 1.54) is 21.8 Å². The van der Waals surface area contributed by atoms with Crippen LogP contribution in [0.15, 0.2) is 24.3 Å². The van der Waals surface area contributed by atoms with Crippen LogP contribution in [0, 0.1) is 6.92 Å². The molecule has 0 aliphatic carbocycles. The van der Waals surface area contributed by atoms with E-state index in [2.05, 4.69) is 24.0 Å². The van der Waals surface area contributed by atoms with Gasteiger partial charge in [0.05, 0.1) is 5.69 Å². The molecule has 1 aliphatic rings. The van der Waals surface area contributed by atoms with Gasteiger partial charge in [0, 0.05) is 24.8 Å². The highest BCUT2D eigenvalue weighted by Crippen LogP contribution is 2.30. The Labute approximate surface area is 162 Å². The van der Waals surface area contributed by atoms with E-state index < -0.39 is 5.97 Å². The van der Waals surface area contributed by atoms with E-state index in [-0.39, 0.29) is 18.5 Å². The number of rotatable bonds is 6. The van der Waals surface area contributed by atoms with Gasteiger partial charge in [-0.25, -0.2) is 4.98 Å². The van der Waals surface area contributed by atoms with Crippen LogP contribution >= 0.6 is 11.3 Å². The van der Waals surface area contributed by atoms with E-state index in [9.17, 15) is 14.7 Å².